The number of rotatable bonds is 3. The summed E-state index contributed by atoms with van der Waals surface area (Å²) < 4.78 is 43.5. The molecule has 7 heteroatoms. The van der Waals surface area contributed by atoms with E-state index in [1.165, 1.54) is 12.3 Å². The number of nitrogens with zero attached hydrogens (tertiary/aromatic N) is 1. The highest BCUT2D eigenvalue weighted by atomic mass is 19.4. The maximum atomic E-state index is 12.7. The van der Waals surface area contributed by atoms with Crippen LogP contribution in [-0.4, -0.2) is 37.3 Å². The van der Waals surface area contributed by atoms with Gasteiger partial charge < -0.3 is 15.4 Å². The van der Waals surface area contributed by atoms with Gasteiger partial charge in [0.05, 0.1) is 18.3 Å². The summed E-state index contributed by atoms with van der Waals surface area (Å²) in [6.07, 6.45) is -2.37. The van der Waals surface area contributed by atoms with Crippen LogP contribution in [0.1, 0.15) is 5.56 Å². The third kappa shape index (κ3) is 3.33. The van der Waals surface area contributed by atoms with Crippen LogP contribution in [0.4, 0.5) is 18.9 Å². The Labute approximate surface area is 103 Å². The van der Waals surface area contributed by atoms with Crippen molar-refractivity contribution in [1.29, 1.82) is 0 Å². The molecule has 0 radical (unpaired) electrons. The highest BCUT2D eigenvalue weighted by Gasteiger charge is 2.33. The molecule has 100 valence electrons. The summed E-state index contributed by atoms with van der Waals surface area (Å²) in [5, 5.41) is 5.88. The number of aromatic nitrogens is 1. The number of hydrogen-bond donors (Lipinski definition) is 2. The molecule has 2 heterocycles. The summed E-state index contributed by atoms with van der Waals surface area (Å²) in [6, 6.07) is 1.32. The van der Waals surface area contributed by atoms with Crippen LogP contribution in [0, 0.1) is 0 Å². The molecule has 2 rings (SSSR count). The van der Waals surface area contributed by atoms with E-state index in [1.807, 2.05) is 0 Å². The Morgan fingerprint density at radius 3 is 3.00 bits per heavy atom. The van der Waals surface area contributed by atoms with Crippen molar-refractivity contribution in [3.63, 3.8) is 0 Å². The van der Waals surface area contributed by atoms with Crippen LogP contribution >= 0.6 is 0 Å². The van der Waals surface area contributed by atoms with Crippen LogP contribution in [0.3, 0.4) is 0 Å². The molecule has 0 aromatic carbocycles. The minimum Gasteiger partial charge on any atom is -0.382 e. The quantitative estimate of drug-likeness (QED) is 0.865. The monoisotopic (exact) mass is 261 g/mol. The molecule has 0 spiro atoms. The molecule has 4 nitrogen and oxygen atoms in total. The molecule has 1 atom stereocenters. The van der Waals surface area contributed by atoms with E-state index in [2.05, 4.69) is 15.6 Å². The van der Waals surface area contributed by atoms with E-state index in [1.54, 1.807) is 0 Å². The van der Waals surface area contributed by atoms with E-state index >= 15 is 0 Å². The minimum atomic E-state index is -4.40. The fraction of sp³-hybridized carbons (Fsp3) is 0.545. The van der Waals surface area contributed by atoms with Crippen molar-refractivity contribution < 1.29 is 17.9 Å². The average molecular weight is 261 g/mol. The predicted molar refractivity (Wildman–Crippen MR) is 60.3 cm³/mol. The summed E-state index contributed by atoms with van der Waals surface area (Å²) in [5.41, 5.74) is -0.722. The van der Waals surface area contributed by atoms with Gasteiger partial charge in [0.2, 0.25) is 0 Å². The number of ether oxygens (including phenoxy) is 1. The lowest BCUT2D eigenvalue weighted by atomic mass is 10.2. The first-order valence-electron chi connectivity index (χ1n) is 5.65. The summed E-state index contributed by atoms with van der Waals surface area (Å²) in [7, 11) is 0. The molecular weight excluding hydrogens is 247 g/mol. The molecule has 1 saturated heterocycles. The number of anilines is 1. The summed E-state index contributed by atoms with van der Waals surface area (Å²) in [6.45, 7) is 2.33. The zero-order chi connectivity index (χ0) is 13.0. The number of morpholine rings is 1. The maximum Gasteiger partial charge on any atom is 0.419 e. The molecule has 0 amide bonds. The van der Waals surface area contributed by atoms with Crippen molar-refractivity contribution in [2.24, 2.45) is 0 Å². The molecule has 1 aromatic rings. The molecule has 1 aromatic heterocycles. The first-order chi connectivity index (χ1) is 8.57. The highest BCUT2D eigenvalue weighted by molar-refractivity contribution is 5.51. The number of alkyl halides is 3. The van der Waals surface area contributed by atoms with Crippen LogP contribution in [0.15, 0.2) is 18.5 Å². The third-order valence-electron chi connectivity index (χ3n) is 2.65. The van der Waals surface area contributed by atoms with Gasteiger partial charge in [-0.3, -0.25) is 4.98 Å². The van der Waals surface area contributed by atoms with Gasteiger partial charge >= 0.3 is 6.18 Å². The summed E-state index contributed by atoms with van der Waals surface area (Å²) in [4.78, 5) is 3.50. The largest absolute Gasteiger partial charge is 0.419 e. The van der Waals surface area contributed by atoms with E-state index in [9.17, 15) is 13.2 Å². The molecule has 2 N–H and O–H groups in total. The molecule has 1 aliphatic heterocycles. The number of pyridine rings is 1. The standard InChI is InChI=1S/C11H14F3N3O/c12-11(13,14)9-7-15-2-1-10(9)17-6-8-5-16-3-4-18-8/h1-2,7-8,16H,3-6H2,(H,15,17). The van der Waals surface area contributed by atoms with Gasteiger partial charge in [-0.25, -0.2) is 0 Å². The van der Waals surface area contributed by atoms with Gasteiger partial charge in [0.1, 0.15) is 0 Å². The molecule has 1 aliphatic rings. The third-order valence-corrected chi connectivity index (χ3v) is 2.65. The number of halogens is 3. The maximum absolute atomic E-state index is 12.7. The molecular formula is C11H14F3N3O. The van der Waals surface area contributed by atoms with Crippen molar-refractivity contribution in [3.05, 3.63) is 24.0 Å². The zero-order valence-electron chi connectivity index (χ0n) is 9.63. The molecule has 0 aliphatic carbocycles. The van der Waals surface area contributed by atoms with E-state index in [4.69, 9.17) is 4.74 Å². The van der Waals surface area contributed by atoms with Crippen LogP contribution < -0.4 is 10.6 Å². The normalized spacial score (nSPS) is 20.7. The molecule has 0 bridgehead atoms. The highest BCUT2D eigenvalue weighted by Crippen LogP contribution is 2.33. The van der Waals surface area contributed by atoms with Crippen molar-refractivity contribution in [3.8, 4) is 0 Å². The van der Waals surface area contributed by atoms with E-state index < -0.39 is 11.7 Å². The molecule has 18 heavy (non-hydrogen) atoms. The van der Waals surface area contributed by atoms with E-state index in [0.717, 1.165) is 12.7 Å². The van der Waals surface area contributed by atoms with Crippen molar-refractivity contribution in [2.75, 3.05) is 31.6 Å². The van der Waals surface area contributed by atoms with Gasteiger partial charge in [-0.05, 0) is 6.07 Å². The Balaban J connectivity index is 2.00. The Morgan fingerprint density at radius 1 is 1.50 bits per heavy atom. The van der Waals surface area contributed by atoms with E-state index in [0.29, 0.717) is 19.7 Å². The smallest absolute Gasteiger partial charge is 0.382 e. The van der Waals surface area contributed by atoms with E-state index in [-0.39, 0.29) is 11.8 Å². The second kappa shape index (κ2) is 5.53. The Morgan fingerprint density at radius 2 is 2.33 bits per heavy atom. The Bertz CT molecular complexity index is 391. The summed E-state index contributed by atoms with van der Waals surface area (Å²) >= 11 is 0. The minimum absolute atomic E-state index is 0.0340. The lowest BCUT2D eigenvalue weighted by molar-refractivity contribution is -0.137. The molecule has 0 saturated carbocycles. The molecule has 1 unspecified atom stereocenters. The van der Waals surface area contributed by atoms with Gasteiger partial charge in [-0.15, -0.1) is 0 Å². The van der Waals surface area contributed by atoms with Gasteiger partial charge in [0.25, 0.3) is 0 Å². The van der Waals surface area contributed by atoms with Gasteiger partial charge in [0, 0.05) is 37.7 Å². The van der Waals surface area contributed by atoms with Gasteiger partial charge in [-0.1, -0.05) is 0 Å². The fourth-order valence-electron chi connectivity index (χ4n) is 1.75. The van der Waals surface area contributed by atoms with Gasteiger partial charge in [0.15, 0.2) is 0 Å². The van der Waals surface area contributed by atoms with Gasteiger partial charge in [-0.2, -0.15) is 13.2 Å². The van der Waals surface area contributed by atoms with Crippen molar-refractivity contribution in [2.45, 2.75) is 12.3 Å². The Hall–Kier alpha value is -1.34. The fourth-order valence-corrected chi connectivity index (χ4v) is 1.75. The lowest BCUT2D eigenvalue weighted by Gasteiger charge is -2.24. The Kier molecular flexibility index (Phi) is 4.03. The second-order valence-electron chi connectivity index (χ2n) is 4.00. The SMILES string of the molecule is FC(F)(F)c1cnccc1NCC1CNCCO1. The summed E-state index contributed by atoms with van der Waals surface area (Å²) in [5.74, 6) is 0. The van der Waals surface area contributed by atoms with Crippen molar-refractivity contribution >= 4 is 5.69 Å². The van der Waals surface area contributed by atoms with Crippen molar-refractivity contribution in [1.82, 2.24) is 10.3 Å². The number of nitrogens with one attached hydrogen (secondary N) is 2. The lowest BCUT2D eigenvalue weighted by Crippen LogP contribution is -2.42. The van der Waals surface area contributed by atoms with Crippen LogP contribution in [0.5, 0.6) is 0 Å². The topological polar surface area (TPSA) is 46.2 Å². The number of hydrogen-bond acceptors (Lipinski definition) is 4. The van der Waals surface area contributed by atoms with Crippen LogP contribution in [-0.2, 0) is 10.9 Å². The first-order valence-corrected chi connectivity index (χ1v) is 5.65. The first kappa shape index (κ1) is 13.1. The van der Waals surface area contributed by atoms with Crippen LogP contribution in [0.25, 0.3) is 0 Å². The second-order valence-corrected chi connectivity index (χ2v) is 4.00. The molecule has 1 fully saturated rings. The van der Waals surface area contributed by atoms with Crippen LogP contribution in [0.2, 0.25) is 0 Å². The predicted octanol–water partition coefficient (Wildman–Crippen LogP) is 1.50. The average Bonchev–Trinajstić information content (AvgIpc) is 2.37. The zero-order valence-corrected chi connectivity index (χ0v) is 9.63.